The first-order chi connectivity index (χ1) is 18.6. The Morgan fingerprint density at radius 3 is 1.59 bits per heavy atom. The second-order valence-corrected chi connectivity index (χ2v) is 14.0. The number of nitrogens with zero attached hydrogens (tertiary/aromatic N) is 3. The smallest absolute Gasteiger partial charge is 0.243 e. The van der Waals surface area contributed by atoms with Gasteiger partial charge in [0.15, 0.2) is 0 Å². The van der Waals surface area contributed by atoms with E-state index >= 15 is 0 Å². The quantitative estimate of drug-likeness (QED) is 0.407. The molecule has 1 aliphatic rings. The minimum Gasteiger partial charge on any atom is -0.468 e. The van der Waals surface area contributed by atoms with Gasteiger partial charge in [0, 0.05) is 26.2 Å². The van der Waals surface area contributed by atoms with Gasteiger partial charge in [-0.05, 0) is 81.7 Å². The van der Waals surface area contributed by atoms with Crippen LogP contribution in [0.3, 0.4) is 0 Å². The highest BCUT2D eigenvalue weighted by atomic mass is 32.2. The van der Waals surface area contributed by atoms with Gasteiger partial charge in [0.05, 0.1) is 22.6 Å². The minimum absolute atomic E-state index is 0.0360. The molecule has 0 atom stereocenters. The van der Waals surface area contributed by atoms with Gasteiger partial charge in [0.1, 0.15) is 5.76 Å². The molecule has 0 amide bonds. The largest absolute Gasteiger partial charge is 0.468 e. The summed E-state index contributed by atoms with van der Waals surface area (Å²) in [7, 11) is -7.62. The fourth-order valence-electron chi connectivity index (χ4n) is 4.67. The topological polar surface area (TPSA) is 91.1 Å². The number of hydrogen-bond acceptors (Lipinski definition) is 6. The van der Waals surface area contributed by atoms with Gasteiger partial charge < -0.3 is 4.42 Å². The van der Waals surface area contributed by atoms with E-state index in [0.717, 1.165) is 16.9 Å². The van der Waals surface area contributed by atoms with Crippen LogP contribution in [0, 0.1) is 13.8 Å². The van der Waals surface area contributed by atoms with E-state index in [0.29, 0.717) is 38.0 Å². The van der Waals surface area contributed by atoms with Crippen molar-refractivity contribution >= 4 is 20.0 Å². The Balaban J connectivity index is 1.63. The summed E-state index contributed by atoms with van der Waals surface area (Å²) in [6.45, 7) is 10.4. The molecule has 2 heterocycles. The second-order valence-electron chi connectivity index (χ2n) is 10.1. The maximum Gasteiger partial charge on any atom is 0.243 e. The highest BCUT2D eigenvalue weighted by molar-refractivity contribution is 7.89. The minimum atomic E-state index is -3.81. The SMILES string of the molecule is C=C1CN(S(=O)(=O)c2ccc(C)cc2)CCCN(Cc2ccco2)CCCN(S(=O)(=O)c2ccc(C)cc2)C1. The molecule has 0 unspecified atom stereocenters. The molecule has 8 nitrogen and oxygen atoms in total. The summed E-state index contributed by atoms with van der Waals surface area (Å²) in [4.78, 5) is 2.61. The Hall–Kier alpha value is -2.76. The van der Waals surface area contributed by atoms with E-state index in [1.807, 2.05) is 26.0 Å². The predicted octanol–water partition coefficient (Wildman–Crippen LogP) is 4.43. The lowest BCUT2D eigenvalue weighted by Gasteiger charge is -2.30. The number of sulfonamides is 2. The molecule has 0 radical (unpaired) electrons. The van der Waals surface area contributed by atoms with Gasteiger partial charge >= 0.3 is 0 Å². The van der Waals surface area contributed by atoms with Gasteiger partial charge in [-0.1, -0.05) is 42.0 Å². The van der Waals surface area contributed by atoms with Crippen LogP contribution < -0.4 is 0 Å². The lowest BCUT2D eigenvalue weighted by Crippen LogP contribution is -2.41. The average Bonchev–Trinajstić information content (AvgIpc) is 3.40. The summed E-state index contributed by atoms with van der Waals surface area (Å²) in [5, 5.41) is 0. The fraction of sp³-hybridized carbons (Fsp3) is 0.379. The van der Waals surface area contributed by atoms with E-state index in [1.54, 1.807) is 54.8 Å². The van der Waals surface area contributed by atoms with E-state index in [-0.39, 0.29) is 36.0 Å². The summed E-state index contributed by atoms with van der Waals surface area (Å²) in [5.74, 6) is 0.809. The third-order valence-corrected chi connectivity index (χ3v) is 10.6. The van der Waals surface area contributed by atoms with Gasteiger partial charge in [0.25, 0.3) is 0 Å². The zero-order valence-electron chi connectivity index (χ0n) is 22.6. The molecule has 2 aromatic carbocycles. The van der Waals surface area contributed by atoms with Crippen molar-refractivity contribution in [1.29, 1.82) is 0 Å². The lowest BCUT2D eigenvalue weighted by atomic mass is 10.2. The summed E-state index contributed by atoms with van der Waals surface area (Å²) in [6.07, 6.45) is 2.86. The molecule has 1 fully saturated rings. The Morgan fingerprint density at radius 2 is 1.18 bits per heavy atom. The van der Waals surface area contributed by atoms with Crippen molar-refractivity contribution in [3.05, 3.63) is 96.0 Å². The first-order valence-corrected chi connectivity index (χ1v) is 16.0. The van der Waals surface area contributed by atoms with Crippen molar-refractivity contribution in [2.24, 2.45) is 0 Å². The van der Waals surface area contributed by atoms with Crippen molar-refractivity contribution in [3.63, 3.8) is 0 Å². The maximum absolute atomic E-state index is 13.7. The summed E-state index contributed by atoms with van der Waals surface area (Å²) < 4.78 is 63.0. The van der Waals surface area contributed by atoms with E-state index in [1.165, 1.54) is 8.61 Å². The van der Waals surface area contributed by atoms with Crippen LogP contribution in [0.4, 0.5) is 0 Å². The number of hydrogen-bond donors (Lipinski definition) is 0. The van der Waals surface area contributed by atoms with Crippen LogP contribution >= 0.6 is 0 Å². The second kappa shape index (κ2) is 12.6. The normalized spacial score (nSPS) is 17.9. The standard InChI is InChI=1S/C29H37N3O5S2/c1-24-8-12-28(13-9-24)38(33,34)31-18-5-16-30(23-27-7-4-20-37-27)17-6-19-32(22-26(3)21-31)39(35,36)29-14-10-25(2)11-15-29/h4,7-15,20H,3,5-6,16-19,21-23H2,1-2H3. The van der Waals surface area contributed by atoms with Gasteiger partial charge in [-0.25, -0.2) is 16.8 Å². The van der Waals surface area contributed by atoms with Crippen molar-refractivity contribution in [1.82, 2.24) is 13.5 Å². The van der Waals surface area contributed by atoms with Crippen LogP contribution in [0.15, 0.2) is 93.3 Å². The van der Waals surface area contributed by atoms with Crippen molar-refractivity contribution in [2.45, 2.75) is 43.0 Å². The zero-order valence-corrected chi connectivity index (χ0v) is 24.3. The summed E-state index contributed by atoms with van der Waals surface area (Å²) in [5.41, 5.74) is 2.46. The van der Waals surface area contributed by atoms with E-state index in [4.69, 9.17) is 4.42 Å². The number of benzene rings is 2. The van der Waals surface area contributed by atoms with Crippen molar-refractivity contribution in [2.75, 3.05) is 39.3 Å². The fourth-order valence-corrected chi connectivity index (χ4v) is 7.67. The molecule has 0 saturated carbocycles. The molecule has 0 bridgehead atoms. The molecule has 0 aliphatic carbocycles. The van der Waals surface area contributed by atoms with Gasteiger partial charge in [-0.3, -0.25) is 4.90 Å². The Bertz CT molecular complexity index is 1360. The average molecular weight is 572 g/mol. The van der Waals surface area contributed by atoms with Crippen LogP contribution in [-0.2, 0) is 26.6 Å². The van der Waals surface area contributed by atoms with Crippen LogP contribution in [0.2, 0.25) is 0 Å². The molecule has 1 saturated heterocycles. The first-order valence-electron chi connectivity index (χ1n) is 13.1. The lowest BCUT2D eigenvalue weighted by molar-refractivity contribution is 0.222. The van der Waals surface area contributed by atoms with Crippen LogP contribution in [0.5, 0.6) is 0 Å². The molecule has 1 aliphatic heterocycles. The Labute approximate surface area is 232 Å². The summed E-state index contributed by atoms with van der Waals surface area (Å²) in [6, 6.07) is 17.3. The molecule has 210 valence electrons. The Kier molecular flexibility index (Phi) is 9.45. The number of rotatable bonds is 6. The van der Waals surface area contributed by atoms with Crippen LogP contribution in [-0.4, -0.2) is 69.6 Å². The molecule has 4 rings (SSSR count). The zero-order chi connectivity index (χ0) is 28.0. The predicted molar refractivity (Wildman–Crippen MR) is 152 cm³/mol. The molecule has 3 aromatic rings. The van der Waals surface area contributed by atoms with Crippen LogP contribution in [0.1, 0.15) is 29.7 Å². The Morgan fingerprint density at radius 1 is 0.718 bits per heavy atom. The van der Waals surface area contributed by atoms with Gasteiger partial charge in [-0.15, -0.1) is 0 Å². The molecule has 39 heavy (non-hydrogen) atoms. The maximum atomic E-state index is 13.7. The molecular weight excluding hydrogens is 534 g/mol. The number of aryl methyl sites for hydroxylation is 2. The molecule has 10 heteroatoms. The van der Waals surface area contributed by atoms with Crippen molar-refractivity contribution < 1.29 is 21.3 Å². The van der Waals surface area contributed by atoms with Gasteiger partial charge in [0.2, 0.25) is 20.0 Å². The van der Waals surface area contributed by atoms with E-state index < -0.39 is 20.0 Å². The van der Waals surface area contributed by atoms with E-state index in [9.17, 15) is 16.8 Å². The van der Waals surface area contributed by atoms with Gasteiger partial charge in [-0.2, -0.15) is 8.61 Å². The monoisotopic (exact) mass is 571 g/mol. The van der Waals surface area contributed by atoms with E-state index in [2.05, 4.69) is 11.5 Å². The molecule has 1 aromatic heterocycles. The van der Waals surface area contributed by atoms with Crippen LogP contribution in [0.25, 0.3) is 0 Å². The number of furan rings is 1. The van der Waals surface area contributed by atoms with Crippen molar-refractivity contribution in [3.8, 4) is 0 Å². The third kappa shape index (κ3) is 7.46. The molecule has 0 N–H and O–H groups in total. The highest BCUT2D eigenvalue weighted by Gasteiger charge is 2.29. The third-order valence-electron chi connectivity index (χ3n) is 6.84. The highest BCUT2D eigenvalue weighted by Crippen LogP contribution is 2.22. The molecular formula is C29H37N3O5S2. The summed E-state index contributed by atoms with van der Waals surface area (Å²) >= 11 is 0. The first kappa shape index (κ1) is 29.2. The molecule has 0 spiro atoms.